The highest BCUT2D eigenvalue weighted by Crippen LogP contribution is 2.29. The van der Waals surface area contributed by atoms with Crippen LogP contribution in [0.25, 0.3) is 0 Å². The lowest BCUT2D eigenvalue weighted by atomic mass is 10.0. The third-order valence-electron chi connectivity index (χ3n) is 4.77. The largest absolute Gasteiger partial charge is 0.573 e. The lowest BCUT2D eigenvalue weighted by molar-refractivity contribution is -0.347. The molecular formula is C22H20F11NO3. The van der Waals surface area contributed by atoms with Crippen molar-refractivity contribution in [1.29, 1.82) is 0 Å². The van der Waals surface area contributed by atoms with E-state index in [0.717, 1.165) is 12.1 Å². The fourth-order valence-corrected chi connectivity index (χ4v) is 3.19. The van der Waals surface area contributed by atoms with Gasteiger partial charge in [0.05, 0.1) is 0 Å². The Morgan fingerprint density at radius 1 is 0.784 bits per heavy atom. The van der Waals surface area contributed by atoms with Crippen LogP contribution < -0.4 is 9.47 Å². The topological polar surface area (TPSA) is 30.9 Å². The van der Waals surface area contributed by atoms with E-state index in [4.69, 9.17) is 4.74 Å². The molecule has 0 aromatic heterocycles. The summed E-state index contributed by atoms with van der Waals surface area (Å²) < 4.78 is 152. The molecule has 15 heteroatoms. The molecule has 0 fully saturated rings. The Bertz CT molecular complexity index is 977. The van der Waals surface area contributed by atoms with Crippen LogP contribution in [0.15, 0.2) is 48.5 Å². The first kappa shape index (κ1) is 30.4. The van der Waals surface area contributed by atoms with Gasteiger partial charge in [-0.2, -0.15) is 26.9 Å². The van der Waals surface area contributed by atoms with Crippen LogP contribution in [0, 0.1) is 0 Å². The number of alkyl halides is 11. The van der Waals surface area contributed by atoms with Gasteiger partial charge in [0.2, 0.25) is 0 Å². The second-order valence-corrected chi connectivity index (χ2v) is 7.53. The Morgan fingerprint density at radius 3 is 2.05 bits per heavy atom. The molecule has 0 bridgehead atoms. The number of para-hydroxylation sites is 1. The molecule has 0 aliphatic heterocycles. The zero-order valence-electron chi connectivity index (χ0n) is 18.6. The molecule has 1 unspecified atom stereocenters. The molecule has 2 aromatic carbocycles. The van der Waals surface area contributed by atoms with Gasteiger partial charge in [-0.05, 0) is 48.6 Å². The van der Waals surface area contributed by atoms with Crippen molar-refractivity contribution in [2.75, 3.05) is 13.2 Å². The first-order valence-electron chi connectivity index (χ1n) is 10.4. The minimum absolute atomic E-state index is 0.0301. The van der Waals surface area contributed by atoms with Crippen molar-refractivity contribution in [3.8, 4) is 11.5 Å². The van der Waals surface area contributed by atoms with E-state index >= 15 is 0 Å². The van der Waals surface area contributed by atoms with Gasteiger partial charge in [-0.25, -0.2) is 0 Å². The van der Waals surface area contributed by atoms with Crippen LogP contribution in [-0.4, -0.2) is 49.7 Å². The molecule has 0 spiro atoms. The molecule has 4 nitrogen and oxygen atoms in total. The van der Waals surface area contributed by atoms with Gasteiger partial charge in [0.25, 0.3) is 0 Å². The van der Waals surface area contributed by atoms with Gasteiger partial charge in [0.1, 0.15) is 24.2 Å². The molecule has 0 radical (unpaired) electrons. The van der Waals surface area contributed by atoms with Gasteiger partial charge in [-0.3, -0.25) is 4.74 Å². The molecule has 0 aliphatic rings. The molecule has 1 atom stereocenters. The lowest BCUT2D eigenvalue weighted by Gasteiger charge is -2.26. The van der Waals surface area contributed by atoms with Crippen LogP contribution in [-0.2, 0) is 17.6 Å². The standard InChI is InChI=1S/C22H20F11NO3/c23-19(24)34(20(25,26)27)11-10-17(37-22(31,32)33)13-35-18-7-2-1-5-15(18)9-8-14-4-3-6-16(12-14)36-21(28,29)30/h1-7,12,17,19H,8-11,13H2. The third-order valence-corrected chi connectivity index (χ3v) is 4.77. The van der Waals surface area contributed by atoms with Crippen LogP contribution in [0.2, 0.25) is 0 Å². The third kappa shape index (κ3) is 11.4. The van der Waals surface area contributed by atoms with Crippen molar-refractivity contribution in [3.63, 3.8) is 0 Å². The van der Waals surface area contributed by atoms with E-state index in [0.29, 0.717) is 11.1 Å². The molecule has 208 valence electrons. The molecule has 2 aromatic rings. The van der Waals surface area contributed by atoms with Crippen molar-refractivity contribution >= 4 is 0 Å². The van der Waals surface area contributed by atoms with Gasteiger partial charge >= 0.3 is 25.6 Å². The van der Waals surface area contributed by atoms with Crippen molar-refractivity contribution in [2.24, 2.45) is 0 Å². The van der Waals surface area contributed by atoms with E-state index in [1.807, 2.05) is 0 Å². The number of hydrogen-bond donors (Lipinski definition) is 0. The molecule has 0 saturated heterocycles. The zero-order valence-corrected chi connectivity index (χ0v) is 18.6. The highest BCUT2D eigenvalue weighted by atomic mass is 19.4. The van der Waals surface area contributed by atoms with E-state index in [-0.39, 0.29) is 18.6 Å². The summed E-state index contributed by atoms with van der Waals surface area (Å²) in [5.41, 5.74) is 0.856. The number of halogens is 11. The summed E-state index contributed by atoms with van der Waals surface area (Å²) >= 11 is 0. The Hall–Kier alpha value is -2.81. The van der Waals surface area contributed by atoms with E-state index in [1.165, 1.54) is 30.3 Å². The minimum Gasteiger partial charge on any atom is -0.491 e. The average molecular weight is 555 g/mol. The van der Waals surface area contributed by atoms with Crippen molar-refractivity contribution in [3.05, 3.63) is 59.7 Å². The van der Waals surface area contributed by atoms with E-state index in [1.54, 1.807) is 6.07 Å². The summed E-state index contributed by atoms with van der Waals surface area (Å²) in [6, 6.07) is 11.0. The quantitative estimate of drug-likeness (QED) is 0.207. The monoisotopic (exact) mass is 555 g/mol. The molecule has 0 heterocycles. The van der Waals surface area contributed by atoms with Gasteiger partial charge < -0.3 is 9.47 Å². The average Bonchev–Trinajstić information content (AvgIpc) is 2.73. The second-order valence-electron chi connectivity index (χ2n) is 7.53. The fraction of sp³-hybridized carbons (Fsp3) is 0.455. The fourth-order valence-electron chi connectivity index (χ4n) is 3.19. The first-order valence-corrected chi connectivity index (χ1v) is 10.4. The molecule has 2 rings (SSSR count). The number of hydrogen-bond acceptors (Lipinski definition) is 4. The maximum absolute atomic E-state index is 12.7. The highest BCUT2D eigenvalue weighted by Gasteiger charge is 2.43. The van der Waals surface area contributed by atoms with E-state index in [2.05, 4.69) is 9.47 Å². The SMILES string of the molecule is FC(F)N(CCC(COc1ccccc1CCc1cccc(OC(F)(F)F)c1)OC(F)(F)F)C(F)(F)F. The first-order chi connectivity index (χ1) is 17.0. The number of aryl methyl sites for hydroxylation is 2. The zero-order chi connectivity index (χ0) is 27.9. The molecule has 37 heavy (non-hydrogen) atoms. The normalized spacial score (nSPS) is 13.8. The smallest absolute Gasteiger partial charge is 0.491 e. The summed E-state index contributed by atoms with van der Waals surface area (Å²) in [5, 5.41) is 0. The summed E-state index contributed by atoms with van der Waals surface area (Å²) in [6.07, 6.45) is -18.4. The predicted molar refractivity (Wildman–Crippen MR) is 107 cm³/mol. The Balaban J connectivity index is 2.07. The van der Waals surface area contributed by atoms with Crippen LogP contribution in [0.3, 0.4) is 0 Å². The minimum atomic E-state index is -5.48. The van der Waals surface area contributed by atoms with Gasteiger partial charge in [0.15, 0.2) is 0 Å². The summed E-state index contributed by atoms with van der Waals surface area (Å²) in [5.74, 6) is -0.416. The van der Waals surface area contributed by atoms with Crippen molar-refractivity contribution in [2.45, 2.75) is 50.9 Å². The highest BCUT2D eigenvalue weighted by molar-refractivity contribution is 5.35. The molecule has 0 saturated carbocycles. The number of benzene rings is 2. The summed E-state index contributed by atoms with van der Waals surface area (Å²) in [4.78, 5) is -1.23. The lowest BCUT2D eigenvalue weighted by Crippen LogP contribution is -2.44. The van der Waals surface area contributed by atoms with E-state index < -0.39 is 61.9 Å². The maximum atomic E-state index is 12.7. The second kappa shape index (κ2) is 12.6. The molecular weight excluding hydrogens is 535 g/mol. The maximum Gasteiger partial charge on any atom is 0.573 e. The van der Waals surface area contributed by atoms with Crippen LogP contribution in [0.4, 0.5) is 48.3 Å². The number of ether oxygens (including phenoxy) is 3. The Kier molecular flexibility index (Phi) is 10.4. The van der Waals surface area contributed by atoms with Gasteiger partial charge in [0, 0.05) is 6.54 Å². The molecule has 0 aliphatic carbocycles. The van der Waals surface area contributed by atoms with Crippen molar-refractivity contribution in [1.82, 2.24) is 4.90 Å². The summed E-state index contributed by atoms with van der Waals surface area (Å²) in [6.45, 7) is -6.39. The molecule has 0 N–H and O–H groups in total. The predicted octanol–water partition coefficient (Wildman–Crippen LogP) is 7.09. The number of nitrogens with zero attached hydrogens (tertiary/aromatic N) is 1. The van der Waals surface area contributed by atoms with E-state index in [9.17, 15) is 48.3 Å². The molecule has 0 amide bonds. The Labute approximate surface area is 203 Å². The van der Waals surface area contributed by atoms with Gasteiger partial charge in [-0.1, -0.05) is 30.3 Å². The Morgan fingerprint density at radius 2 is 1.46 bits per heavy atom. The van der Waals surface area contributed by atoms with Crippen LogP contribution >= 0.6 is 0 Å². The van der Waals surface area contributed by atoms with Crippen molar-refractivity contribution < 1.29 is 62.5 Å². The van der Waals surface area contributed by atoms with Crippen LogP contribution in [0.5, 0.6) is 11.5 Å². The van der Waals surface area contributed by atoms with Gasteiger partial charge in [-0.15, -0.1) is 26.3 Å². The van der Waals surface area contributed by atoms with Crippen LogP contribution in [0.1, 0.15) is 17.5 Å². The summed E-state index contributed by atoms with van der Waals surface area (Å²) in [7, 11) is 0. The number of rotatable bonds is 12.